The molecule has 0 unspecified atom stereocenters. The molecule has 0 spiro atoms. The fourth-order valence-corrected chi connectivity index (χ4v) is 3.08. The summed E-state index contributed by atoms with van der Waals surface area (Å²) in [6.45, 7) is 3.60. The predicted molar refractivity (Wildman–Crippen MR) is 86.6 cm³/mol. The zero-order valence-corrected chi connectivity index (χ0v) is 13.8. The fourth-order valence-electron chi connectivity index (χ4n) is 2.88. The molecule has 2 amide bonds. The van der Waals surface area contributed by atoms with Crippen LogP contribution in [0.25, 0.3) is 0 Å². The molecule has 6 nitrogen and oxygen atoms in total. The van der Waals surface area contributed by atoms with E-state index >= 15 is 0 Å². The van der Waals surface area contributed by atoms with Crippen LogP contribution in [-0.2, 0) is 9.59 Å². The van der Waals surface area contributed by atoms with Crippen molar-refractivity contribution >= 4 is 35.1 Å². The molecule has 7 heteroatoms. The molecule has 1 aromatic rings. The van der Waals surface area contributed by atoms with E-state index in [1.54, 1.807) is 24.0 Å². The van der Waals surface area contributed by atoms with E-state index in [4.69, 9.17) is 11.6 Å². The summed E-state index contributed by atoms with van der Waals surface area (Å²) in [5.74, 6) is -2.04. The van der Waals surface area contributed by atoms with E-state index in [0.29, 0.717) is 25.1 Å². The van der Waals surface area contributed by atoms with Crippen LogP contribution < -0.4 is 5.32 Å². The quantitative estimate of drug-likeness (QED) is 0.887. The molecular weight excluding hydrogens is 320 g/mol. The third-order valence-corrected chi connectivity index (χ3v) is 4.41. The van der Waals surface area contributed by atoms with Crippen LogP contribution in [0.3, 0.4) is 0 Å². The van der Waals surface area contributed by atoms with Crippen molar-refractivity contribution in [1.29, 1.82) is 0 Å². The topological polar surface area (TPSA) is 86.7 Å². The van der Waals surface area contributed by atoms with E-state index < -0.39 is 17.9 Å². The molecule has 0 saturated carbocycles. The Morgan fingerprint density at radius 2 is 2.04 bits per heavy atom. The molecule has 2 rings (SSSR count). The molecule has 1 aliphatic rings. The molecule has 1 aliphatic heterocycles. The molecule has 1 fully saturated rings. The average molecular weight is 339 g/mol. The SMILES string of the molecule is CC(=O)Nc1ccc(Cl)c(C(=O)N2CCC[C@@H](C(=O)O)[C@H]2C)c1. The summed E-state index contributed by atoms with van der Waals surface area (Å²) in [4.78, 5) is 36.8. The van der Waals surface area contributed by atoms with Crippen LogP contribution in [0.15, 0.2) is 18.2 Å². The van der Waals surface area contributed by atoms with E-state index in [9.17, 15) is 19.5 Å². The van der Waals surface area contributed by atoms with Gasteiger partial charge in [-0.05, 0) is 38.0 Å². The Balaban J connectivity index is 2.28. The highest BCUT2D eigenvalue weighted by Crippen LogP contribution is 2.28. The minimum absolute atomic E-state index is 0.247. The van der Waals surface area contributed by atoms with Crippen LogP contribution in [0, 0.1) is 5.92 Å². The number of carboxylic acid groups (broad SMARTS) is 1. The summed E-state index contributed by atoms with van der Waals surface area (Å²) in [7, 11) is 0. The van der Waals surface area contributed by atoms with Gasteiger partial charge in [-0.25, -0.2) is 0 Å². The molecule has 0 aromatic heterocycles. The number of benzene rings is 1. The molecule has 2 N–H and O–H groups in total. The van der Waals surface area contributed by atoms with Crippen LogP contribution in [0.4, 0.5) is 5.69 Å². The van der Waals surface area contributed by atoms with Crippen molar-refractivity contribution in [3.63, 3.8) is 0 Å². The van der Waals surface area contributed by atoms with E-state index in [-0.39, 0.29) is 22.4 Å². The molecule has 0 radical (unpaired) electrons. The van der Waals surface area contributed by atoms with Crippen molar-refractivity contribution in [2.45, 2.75) is 32.7 Å². The number of nitrogens with one attached hydrogen (secondary N) is 1. The number of carbonyl (C=O) groups is 3. The molecule has 1 heterocycles. The number of piperidine rings is 1. The zero-order chi connectivity index (χ0) is 17.1. The van der Waals surface area contributed by atoms with Crippen LogP contribution in [0.2, 0.25) is 5.02 Å². The van der Waals surface area contributed by atoms with E-state index in [2.05, 4.69) is 5.32 Å². The Bertz CT molecular complexity index is 647. The summed E-state index contributed by atoms with van der Waals surface area (Å²) in [6, 6.07) is 4.27. The Hall–Kier alpha value is -2.08. The number of anilines is 1. The maximum absolute atomic E-state index is 12.8. The van der Waals surface area contributed by atoms with Crippen molar-refractivity contribution in [3.05, 3.63) is 28.8 Å². The number of hydrogen-bond acceptors (Lipinski definition) is 3. The first-order chi connectivity index (χ1) is 10.8. The van der Waals surface area contributed by atoms with E-state index in [0.717, 1.165) is 0 Å². The maximum atomic E-state index is 12.8. The third kappa shape index (κ3) is 3.82. The summed E-state index contributed by atoms with van der Waals surface area (Å²) in [5.41, 5.74) is 0.737. The van der Waals surface area contributed by atoms with E-state index in [1.807, 2.05) is 0 Å². The number of rotatable bonds is 3. The van der Waals surface area contributed by atoms with Crippen LogP contribution in [0.1, 0.15) is 37.0 Å². The number of likely N-dealkylation sites (tertiary alicyclic amines) is 1. The molecule has 0 aliphatic carbocycles. The van der Waals surface area contributed by atoms with Crippen LogP contribution >= 0.6 is 11.6 Å². The van der Waals surface area contributed by atoms with Gasteiger partial charge in [-0.15, -0.1) is 0 Å². The van der Waals surface area contributed by atoms with Gasteiger partial charge in [0.15, 0.2) is 0 Å². The maximum Gasteiger partial charge on any atom is 0.308 e. The highest BCUT2D eigenvalue weighted by atomic mass is 35.5. The highest BCUT2D eigenvalue weighted by Gasteiger charge is 2.36. The number of amides is 2. The number of halogens is 1. The zero-order valence-electron chi connectivity index (χ0n) is 13.0. The van der Waals surface area contributed by atoms with Gasteiger partial charge in [0.05, 0.1) is 16.5 Å². The lowest BCUT2D eigenvalue weighted by molar-refractivity contribution is -0.145. The lowest BCUT2D eigenvalue weighted by Crippen LogP contribution is -2.49. The molecule has 124 valence electrons. The molecule has 0 bridgehead atoms. The standard InChI is InChI=1S/C16H19ClN2O4/c1-9-12(16(22)23)4-3-7-19(9)15(21)13-8-11(18-10(2)20)5-6-14(13)17/h5-6,8-9,12H,3-4,7H2,1-2H3,(H,18,20)(H,22,23)/t9-,12-/m1/s1. The summed E-state index contributed by atoms with van der Waals surface area (Å²) in [5, 5.41) is 12.1. The normalized spacial score (nSPS) is 20.9. The number of hydrogen-bond donors (Lipinski definition) is 2. The van der Waals surface area contributed by atoms with Gasteiger partial charge in [0, 0.05) is 25.2 Å². The fraction of sp³-hybridized carbons (Fsp3) is 0.438. The molecule has 2 atom stereocenters. The Morgan fingerprint density at radius 3 is 2.65 bits per heavy atom. The van der Waals surface area contributed by atoms with Gasteiger partial charge >= 0.3 is 5.97 Å². The second-order valence-corrected chi connectivity index (χ2v) is 6.11. The molecule has 23 heavy (non-hydrogen) atoms. The lowest BCUT2D eigenvalue weighted by atomic mass is 9.90. The van der Waals surface area contributed by atoms with Crippen molar-refractivity contribution in [1.82, 2.24) is 4.90 Å². The van der Waals surface area contributed by atoms with Crippen molar-refractivity contribution in [3.8, 4) is 0 Å². The average Bonchev–Trinajstić information content (AvgIpc) is 2.48. The number of carbonyl (C=O) groups excluding carboxylic acids is 2. The van der Waals surface area contributed by atoms with Crippen molar-refractivity contribution < 1.29 is 19.5 Å². The van der Waals surface area contributed by atoms with Gasteiger partial charge in [-0.2, -0.15) is 0 Å². The van der Waals surface area contributed by atoms with Crippen LogP contribution in [-0.4, -0.2) is 40.4 Å². The Morgan fingerprint density at radius 1 is 1.35 bits per heavy atom. The number of aliphatic carboxylic acids is 1. The molecule has 1 aromatic carbocycles. The summed E-state index contributed by atoms with van der Waals surface area (Å²) < 4.78 is 0. The van der Waals surface area contributed by atoms with E-state index in [1.165, 1.54) is 13.0 Å². The lowest BCUT2D eigenvalue weighted by Gasteiger charge is -2.37. The summed E-state index contributed by atoms with van der Waals surface area (Å²) >= 11 is 6.12. The first-order valence-electron chi connectivity index (χ1n) is 7.42. The second kappa shape index (κ2) is 7.00. The van der Waals surface area contributed by atoms with Crippen molar-refractivity contribution in [2.24, 2.45) is 5.92 Å². The first kappa shape index (κ1) is 17.3. The largest absolute Gasteiger partial charge is 0.481 e. The summed E-state index contributed by atoms with van der Waals surface area (Å²) in [6.07, 6.45) is 1.19. The monoisotopic (exact) mass is 338 g/mol. The first-order valence-corrected chi connectivity index (χ1v) is 7.80. The Kier molecular flexibility index (Phi) is 5.26. The van der Waals surface area contributed by atoms with Crippen LogP contribution in [0.5, 0.6) is 0 Å². The third-order valence-electron chi connectivity index (χ3n) is 4.08. The van der Waals surface area contributed by atoms with Crippen molar-refractivity contribution in [2.75, 3.05) is 11.9 Å². The van der Waals surface area contributed by atoms with Gasteiger partial charge in [-0.3, -0.25) is 14.4 Å². The van der Waals surface area contributed by atoms with Gasteiger partial charge in [-0.1, -0.05) is 11.6 Å². The molecule has 1 saturated heterocycles. The second-order valence-electron chi connectivity index (χ2n) is 5.70. The molecular formula is C16H19ClN2O4. The Labute approximate surface area is 139 Å². The van der Waals surface area contributed by atoms with Gasteiger partial charge < -0.3 is 15.3 Å². The minimum atomic E-state index is -0.895. The van der Waals surface area contributed by atoms with Gasteiger partial charge in [0.25, 0.3) is 5.91 Å². The van der Waals surface area contributed by atoms with Gasteiger partial charge in [0.2, 0.25) is 5.91 Å². The highest BCUT2D eigenvalue weighted by molar-refractivity contribution is 6.34. The smallest absolute Gasteiger partial charge is 0.308 e. The minimum Gasteiger partial charge on any atom is -0.481 e. The van der Waals surface area contributed by atoms with Gasteiger partial charge in [0.1, 0.15) is 0 Å². The number of nitrogens with zero attached hydrogens (tertiary/aromatic N) is 1. The predicted octanol–water partition coefficient (Wildman–Crippen LogP) is 2.62. The number of carboxylic acids is 1.